The summed E-state index contributed by atoms with van der Waals surface area (Å²) in [7, 11) is 1.61. The Morgan fingerprint density at radius 2 is 1.92 bits per heavy atom. The molecule has 2 aromatic carbocycles. The van der Waals surface area contributed by atoms with Gasteiger partial charge in [-0.05, 0) is 30.7 Å². The molecule has 2 N–H and O–H groups in total. The van der Waals surface area contributed by atoms with Crippen molar-refractivity contribution in [3.05, 3.63) is 77.7 Å². The number of amides is 1. The number of nitrogens with one attached hydrogen (secondary N) is 2. The number of carbonyl (C=O) groups is 1. The number of ether oxygens (including phenoxy) is 1. The zero-order chi connectivity index (χ0) is 18.4. The summed E-state index contributed by atoms with van der Waals surface area (Å²) in [5.74, 6) is 1.02. The van der Waals surface area contributed by atoms with Crippen molar-refractivity contribution in [2.24, 2.45) is 0 Å². The molecule has 6 nitrogen and oxygen atoms in total. The lowest BCUT2D eigenvalue weighted by Gasteiger charge is -2.10. The quantitative estimate of drug-likeness (QED) is 0.713. The Morgan fingerprint density at radius 1 is 1.08 bits per heavy atom. The van der Waals surface area contributed by atoms with Crippen molar-refractivity contribution in [1.29, 1.82) is 0 Å². The van der Waals surface area contributed by atoms with Crippen molar-refractivity contribution in [3.63, 3.8) is 0 Å². The predicted octanol–water partition coefficient (Wildman–Crippen LogP) is 3.47. The monoisotopic (exact) mass is 348 g/mol. The van der Waals surface area contributed by atoms with Gasteiger partial charge in [-0.1, -0.05) is 30.3 Å². The molecule has 0 radical (unpaired) electrons. The van der Waals surface area contributed by atoms with Crippen LogP contribution in [0.25, 0.3) is 0 Å². The van der Waals surface area contributed by atoms with Crippen LogP contribution >= 0.6 is 0 Å². The summed E-state index contributed by atoms with van der Waals surface area (Å²) in [6.45, 7) is 2.37. The molecular formula is C20H20N4O2. The summed E-state index contributed by atoms with van der Waals surface area (Å²) in [6.07, 6.45) is 1.37. The Labute approximate surface area is 152 Å². The lowest BCUT2D eigenvalue weighted by atomic mass is 10.2. The zero-order valence-electron chi connectivity index (χ0n) is 14.7. The van der Waals surface area contributed by atoms with Gasteiger partial charge in [-0.2, -0.15) is 0 Å². The number of para-hydroxylation sites is 1. The van der Waals surface area contributed by atoms with Gasteiger partial charge in [0.25, 0.3) is 5.91 Å². The first-order valence-corrected chi connectivity index (χ1v) is 8.21. The Balaban J connectivity index is 1.68. The number of benzene rings is 2. The third-order valence-electron chi connectivity index (χ3n) is 3.82. The van der Waals surface area contributed by atoms with Gasteiger partial charge in [-0.3, -0.25) is 4.79 Å². The smallest absolute Gasteiger partial charge is 0.270 e. The van der Waals surface area contributed by atoms with Gasteiger partial charge in [0.1, 0.15) is 23.6 Å². The summed E-state index contributed by atoms with van der Waals surface area (Å²) < 4.78 is 5.29. The Bertz CT molecular complexity index is 912. The van der Waals surface area contributed by atoms with E-state index in [0.29, 0.717) is 18.1 Å². The summed E-state index contributed by atoms with van der Waals surface area (Å²) in [4.78, 5) is 20.6. The maximum absolute atomic E-state index is 12.4. The van der Waals surface area contributed by atoms with E-state index in [0.717, 1.165) is 22.6 Å². The largest absolute Gasteiger partial charge is 0.496 e. The summed E-state index contributed by atoms with van der Waals surface area (Å²) in [6, 6.07) is 17.1. The lowest BCUT2D eigenvalue weighted by Crippen LogP contribution is -2.24. The number of hydrogen-bond donors (Lipinski definition) is 2. The molecule has 1 aromatic heterocycles. The van der Waals surface area contributed by atoms with E-state index in [9.17, 15) is 4.79 Å². The molecule has 132 valence electrons. The van der Waals surface area contributed by atoms with Crippen LogP contribution in [0.3, 0.4) is 0 Å². The average Bonchev–Trinajstić information content (AvgIpc) is 2.66. The Kier molecular flexibility index (Phi) is 5.43. The van der Waals surface area contributed by atoms with Gasteiger partial charge in [0.2, 0.25) is 0 Å². The van der Waals surface area contributed by atoms with Gasteiger partial charge in [-0.25, -0.2) is 9.97 Å². The van der Waals surface area contributed by atoms with E-state index >= 15 is 0 Å². The second kappa shape index (κ2) is 8.11. The zero-order valence-corrected chi connectivity index (χ0v) is 14.7. The number of hydrogen-bond acceptors (Lipinski definition) is 5. The van der Waals surface area contributed by atoms with Crippen LogP contribution < -0.4 is 15.4 Å². The molecule has 0 saturated heterocycles. The minimum Gasteiger partial charge on any atom is -0.496 e. The minimum atomic E-state index is -0.273. The molecule has 0 unspecified atom stereocenters. The van der Waals surface area contributed by atoms with Crippen LogP contribution in [0, 0.1) is 6.92 Å². The van der Waals surface area contributed by atoms with Crippen molar-refractivity contribution in [1.82, 2.24) is 15.3 Å². The highest BCUT2D eigenvalue weighted by atomic mass is 16.5. The molecule has 3 rings (SSSR count). The number of anilines is 2. The van der Waals surface area contributed by atoms with E-state index in [4.69, 9.17) is 4.74 Å². The molecule has 0 aliphatic heterocycles. The first-order valence-electron chi connectivity index (χ1n) is 8.21. The van der Waals surface area contributed by atoms with E-state index in [1.807, 2.05) is 55.5 Å². The molecule has 0 spiro atoms. The molecule has 0 saturated carbocycles. The van der Waals surface area contributed by atoms with Gasteiger partial charge < -0.3 is 15.4 Å². The average molecular weight is 348 g/mol. The van der Waals surface area contributed by atoms with Crippen LogP contribution in [0.1, 0.15) is 21.6 Å². The SMILES string of the molecule is COc1ccccc1CNC(=O)c1cc(Nc2cccc(C)c2)ncn1. The number of methoxy groups -OCH3 is 1. The highest BCUT2D eigenvalue weighted by Crippen LogP contribution is 2.18. The maximum Gasteiger partial charge on any atom is 0.270 e. The molecule has 0 aliphatic rings. The van der Waals surface area contributed by atoms with E-state index < -0.39 is 0 Å². The predicted molar refractivity (Wildman–Crippen MR) is 101 cm³/mol. The number of nitrogens with zero attached hydrogens (tertiary/aromatic N) is 2. The second-order valence-corrected chi connectivity index (χ2v) is 5.78. The van der Waals surface area contributed by atoms with Gasteiger partial charge >= 0.3 is 0 Å². The van der Waals surface area contributed by atoms with Crippen molar-refractivity contribution in [3.8, 4) is 5.75 Å². The molecule has 6 heteroatoms. The van der Waals surface area contributed by atoms with Gasteiger partial charge in [0, 0.05) is 23.9 Å². The topological polar surface area (TPSA) is 76.1 Å². The fraction of sp³-hybridized carbons (Fsp3) is 0.150. The van der Waals surface area contributed by atoms with Crippen LogP contribution in [-0.2, 0) is 6.54 Å². The number of rotatable bonds is 6. The van der Waals surface area contributed by atoms with Crippen molar-refractivity contribution in [2.75, 3.05) is 12.4 Å². The third-order valence-corrected chi connectivity index (χ3v) is 3.82. The Hall–Kier alpha value is -3.41. The summed E-state index contributed by atoms with van der Waals surface area (Å²) in [5.41, 5.74) is 3.24. The molecule has 1 heterocycles. The van der Waals surface area contributed by atoms with E-state index in [-0.39, 0.29) is 5.91 Å². The van der Waals surface area contributed by atoms with Crippen LogP contribution in [0.4, 0.5) is 11.5 Å². The highest BCUT2D eigenvalue weighted by Gasteiger charge is 2.10. The molecule has 0 atom stereocenters. The first kappa shape index (κ1) is 17.4. The molecular weight excluding hydrogens is 328 g/mol. The molecule has 1 amide bonds. The molecule has 0 aliphatic carbocycles. The van der Waals surface area contributed by atoms with E-state index in [1.54, 1.807) is 13.2 Å². The van der Waals surface area contributed by atoms with Crippen LogP contribution in [0.5, 0.6) is 5.75 Å². The summed E-state index contributed by atoms with van der Waals surface area (Å²) in [5, 5.41) is 6.03. The van der Waals surface area contributed by atoms with E-state index in [2.05, 4.69) is 20.6 Å². The maximum atomic E-state index is 12.4. The van der Waals surface area contributed by atoms with Gasteiger partial charge in [-0.15, -0.1) is 0 Å². The number of aromatic nitrogens is 2. The van der Waals surface area contributed by atoms with E-state index in [1.165, 1.54) is 6.33 Å². The van der Waals surface area contributed by atoms with Crippen molar-refractivity contribution in [2.45, 2.75) is 13.5 Å². The van der Waals surface area contributed by atoms with Crippen LogP contribution in [-0.4, -0.2) is 23.0 Å². The summed E-state index contributed by atoms with van der Waals surface area (Å²) >= 11 is 0. The van der Waals surface area contributed by atoms with Crippen LogP contribution in [0.2, 0.25) is 0 Å². The Morgan fingerprint density at radius 3 is 2.73 bits per heavy atom. The first-order chi connectivity index (χ1) is 12.7. The van der Waals surface area contributed by atoms with Crippen molar-refractivity contribution >= 4 is 17.4 Å². The van der Waals surface area contributed by atoms with Gasteiger partial charge in [0.15, 0.2) is 0 Å². The number of aryl methyl sites for hydroxylation is 1. The lowest BCUT2D eigenvalue weighted by molar-refractivity contribution is 0.0945. The van der Waals surface area contributed by atoms with Crippen molar-refractivity contribution < 1.29 is 9.53 Å². The fourth-order valence-electron chi connectivity index (χ4n) is 2.54. The third kappa shape index (κ3) is 4.36. The fourth-order valence-corrected chi connectivity index (χ4v) is 2.54. The number of carbonyl (C=O) groups excluding carboxylic acids is 1. The molecule has 3 aromatic rings. The molecule has 0 fully saturated rings. The second-order valence-electron chi connectivity index (χ2n) is 5.78. The van der Waals surface area contributed by atoms with Crippen LogP contribution in [0.15, 0.2) is 60.9 Å². The minimum absolute atomic E-state index is 0.273. The highest BCUT2D eigenvalue weighted by molar-refractivity contribution is 5.93. The normalized spacial score (nSPS) is 10.2. The molecule has 26 heavy (non-hydrogen) atoms. The molecule has 0 bridgehead atoms. The standard InChI is InChI=1S/C20H20N4O2/c1-14-6-5-8-16(10-14)24-19-11-17(22-13-23-19)20(25)21-12-15-7-3-4-9-18(15)26-2/h3-11,13H,12H2,1-2H3,(H,21,25)(H,22,23,24). The van der Waals surface area contributed by atoms with Gasteiger partial charge in [0.05, 0.1) is 7.11 Å².